The maximum atomic E-state index is 12.4. The number of hydrogen-bond acceptors (Lipinski definition) is 6. The second-order valence-electron chi connectivity index (χ2n) is 5.43. The number of rotatable bonds is 6. The highest BCUT2D eigenvalue weighted by molar-refractivity contribution is 7.89. The summed E-state index contributed by atoms with van der Waals surface area (Å²) in [7, 11) is -3.82. The van der Waals surface area contributed by atoms with Crippen molar-refractivity contribution in [1.82, 2.24) is 9.71 Å². The lowest BCUT2D eigenvalue weighted by atomic mass is 10.2. The number of nitrogens with one attached hydrogen (secondary N) is 1. The zero-order valence-corrected chi connectivity index (χ0v) is 14.9. The van der Waals surface area contributed by atoms with Crippen LogP contribution in [0.1, 0.15) is 10.6 Å². The van der Waals surface area contributed by atoms with Crippen molar-refractivity contribution in [2.24, 2.45) is 0 Å². The molecule has 1 aromatic heterocycles. The molecule has 1 N–H and O–H groups in total. The van der Waals surface area contributed by atoms with Crippen LogP contribution in [0.5, 0.6) is 0 Å². The first-order chi connectivity index (χ1) is 11.9. The summed E-state index contributed by atoms with van der Waals surface area (Å²) in [5, 5.41) is 11.7. The van der Waals surface area contributed by atoms with Crippen molar-refractivity contribution in [2.75, 3.05) is 6.54 Å². The number of aromatic nitrogens is 1. The Balaban J connectivity index is 1.73. The number of nitro groups is 1. The number of aryl methyl sites for hydroxylation is 1. The van der Waals surface area contributed by atoms with E-state index >= 15 is 0 Å². The third-order valence-corrected chi connectivity index (χ3v) is 6.34. The van der Waals surface area contributed by atoms with E-state index in [-0.39, 0.29) is 17.1 Å². The monoisotopic (exact) mass is 377 g/mol. The van der Waals surface area contributed by atoms with Gasteiger partial charge in [-0.2, -0.15) is 0 Å². The van der Waals surface area contributed by atoms with Crippen LogP contribution in [0.3, 0.4) is 0 Å². The zero-order valence-electron chi connectivity index (χ0n) is 13.3. The SMILES string of the molecule is Cc1ccc([N+](=O)[O-])cc1S(=O)(=O)NCCc1nc2ccccc2s1. The molecule has 9 heteroatoms. The van der Waals surface area contributed by atoms with Crippen molar-refractivity contribution in [3.05, 3.63) is 63.1 Å². The molecule has 0 aliphatic heterocycles. The largest absolute Gasteiger partial charge is 0.270 e. The molecule has 0 aliphatic rings. The summed E-state index contributed by atoms with van der Waals surface area (Å²) >= 11 is 1.52. The number of fused-ring (bicyclic) bond motifs is 1. The molecule has 3 rings (SSSR count). The minimum absolute atomic E-state index is 0.0778. The van der Waals surface area contributed by atoms with Gasteiger partial charge in [0.25, 0.3) is 5.69 Å². The number of non-ortho nitro benzene ring substituents is 1. The quantitative estimate of drug-likeness (QED) is 0.525. The van der Waals surface area contributed by atoms with Crippen LogP contribution in [0.4, 0.5) is 5.69 Å². The van der Waals surface area contributed by atoms with Crippen LogP contribution in [0.2, 0.25) is 0 Å². The van der Waals surface area contributed by atoms with E-state index in [1.54, 1.807) is 6.92 Å². The molecule has 0 spiro atoms. The number of nitro benzene ring substituents is 1. The van der Waals surface area contributed by atoms with E-state index in [2.05, 4.69) is 9.71 Å². The fraction of sp³-hybridized carbons (Fsp3) is 0.188. The van der Waals surface area contributed by atoms with Gasteiger partial charge in [-0.3, -0.25) is 10.1 Å². The summed E-state index contributed by atoms with van der Waals surface area (Å²) < 4.78 is 28.4. The summed E-state index contributed by atoms with van der Waals surface area (Å²) in [6.45, 7) is 1.77. The van der Waals surface area contributed by atoms with Crippen LogP contribution in [0.15, 0.2) is 47.4 Å². The molecular formula is C16H15N3O4S2. The first-order valence-corrected chi connectivity index (χ1v) is 9.76. The van der Waals surface area contributed by atoms with Crippen molar-refractivity contribution < 1.29 is 13.3 Å². The van der Waals surface area contributed by atoms with Gasteiger partial charge in [-0.1, -0.05) is 18.2 Å². The van der Waals surface area contributed by atoms with E-state index in [1.807, 2.05) is 24.3 Å². The fourth-order valence-corrected chi connectivity index (χ4v) is 4.65. The Bertz CT molecular complexity index is 1010. The Kier molecular flexibility index (Phi) is 4.80. The second-order valence-corrected chi connectivity index (χ2v) is 8.28. The van der Waals surface area contributed by atoms with Crippen molar-refractivity contribution >= 4 is 37.3 Å². The zero-order chi connectivity index (χ0) is 18.0. The Morgan fingerprint density at radius 3 is 2.72 bits per heavy atom. The predicted molar refractivity (Wildman–Crippen MR) is 96.3 cm³/mol. The topological polar surface area (TPSA) is 102 Å². The van der Waals surface area contributed by atoms with Crippen molar-refractivity contribution in [2.45, 2.75) is 18.2 Å². The molecule has 0 saturated heterocycles. The third kappa shape index (κ3) is 3.84. The van der Waals surface area contributed by atoms with Crippen LogP contribution in [-0.4, -0.2) is 24.9 Å². The number of para-hydroxylation sites is 1. The van der Waals surface area contributed by atoms with Gasteiger partial charge < -0.3 is 0 Å². The molecule has 130 valence electrons. The van der Waals surface area contributed by atoms with E-state index in [0.29, 0.717) is 12.0 Å². The van der Waals surface area contributed by atoms with Gasteiger partial charge in [0.05, 0.1) is 25.0 Å². The first-order valence-electron chi connectivity index (χ1n) is 7.46. The van der Waals surface area contributed by atoms with E-state index in [1.165, 1.54) is 23.5 Å². The Morgan fingerprint density at radius 1 is 1.24 bits per heavy atom. The summed E-state index contributed by atoms with van der Waals surface area (Å²) in [5.74, 6) is 0. The van der Waals surface area contributed by atoms with Gasteiger partial charge in [0.15, 0.2) is 0 Å². The number of nitrogens with zero attached hydrogens (tertiary/aromatic N) is 2. The molecule has 0 saturated carbocycles. The van der Waals surface area contributed by atoms with Gasteiger partial charge in [-0.15, -0.1) is 11.3 Å². The summed E-state index contributed by atoms with van der Waals surface area (Å²) in [4.78, 5) is 14.6. The Labute approximate surface area is 148 Å². The average Bonchev–Trinajstić information content (AvgIpc) is 2.97. The van der Waals surface area contributed by atoms with Crippen molar-refractivity contribution in [1.29, 1.82) is 0 Å². The molecule has 1 heterocycles. The average molecular weight is 377 g/mol. The first kappa shape index (κ1) is 17.5. The lowest BCUT2D eigenvalue weighted by molar-refractivity contribution is -0.385. The van der Waals surface area contributed by atoms with Gasteiger partial charge in [-0.25, -0.2) is 18.1 Å². The van der Waals surface area contributed by atoms with Crippen LogP contribution in [-0.2, 0) is 16.4 Å². The van der Waals surface area contributed by atoms with Crippen molar-refractivity contribution in [3.8, 4) is 0 Å². The molecule has 0 unspecified atom stereocenters. The highest BCUT2D eigenvalue weighted by atomic mass is 32.2. The Morgan fingerprint density at radius 2 is 2.00 bits per heavy atom. The molecule has 7 nitrogen and oxygen atoms in total. The van der Waals surface area contributed by atoms with E-state index < -0.39 is 14.9 Å². The van der Waals surface area contributed by atoms with Crippen LogP contribution in [0, 0.1) is 17.0 Å². The maximum absolute atomic E-state index is 12.4. The number of thiazole rings is 1. The molecular weight excluding hydrogens is 362 g/mol. The summed E-state index contributed by atoms with van der Waals surface area (Å²) in [5.41, 5.74) is 1.09. The van der Waals surface area contributed by atoms with Gasteiger partial charge in [0, 0.05) is 25.1 Å². The van der Waals surface area contributed by atoms with E-state index in [9.17, 15) is 18.5 Å². The van der Waals surface area contributed by atoms with Crippen LogP contribution < -0.4 is 4.72 Å². The molecule has 0 aliphatic carbocycles. The maximum Gasteiger partial charge on any atom is 0.270 e. The molecule has 3 aromatic rings. The molecule has 0 amide bonds. The highest BCUT2D eigenvalue weighted by Gasteiger charge is 2.20. The minimum atomic E-state index is -3.82. The van der Waals surface area contributed by atoms with Crippen LogP contribution >= 0.6 is 11.3 Å². The number of hydrogen-bond donors (Lipinski definition) is 1. The van der Waals surface area contributed by atoms with Gasteiger partial charge in [-0.05, 0) is 24.6 Å². The summed E-state index contributed by atoms with van der Waals surface area (Å²) in [6.07, 6.45) is 0.451. The number of benzene rings is 2. The normalized spacial score (nSPS) is 11.7. The molecule has 0 bridgehead atoms. The van der Waals surface area contributed by atoms with E-state index in [0.717, 1.165) is 21.3 Å². The predicted octanol–water partition coefficient (Wildman–Crippen LogP) is 3.03. The molecule has 2 aromatic carbocycles. The van der Waals surface area contributed by atoms with Gasteiger partial charge >= 0.3 is 0 Å². The van der Waals surface area contributed by atoms with Gasteiger partial charge in [0.2, 0.25) is 10.0 Å². The fourth-order valence-electron chi connectivity index (χ4n) is 2.39. The molecule has 0 atom stereocenters. The lowest BCUT2D eigenvalue weighted by Gasteiger charge is -2.08. The van der Waals surface area contributed by atoms with E-state index in [4.69, 9.17) is 0 Å². The number of sulfonamides is 1. The molecule has 0 radical (unpaired) electrons. The van der Waals surface area contributed by atoms with Gasteiger partial charge in [0.1, 0.15) is 0 Å². The minimum Gasteiger partial charge on any atom is -0.258 e. The lowest BCUT2D eigenvalue weighted by Crippen LogP contribution is -2.26. The van der Waals surface area contributed by atoms with Crippen LogP contribution in [0.25, 0.3) is 10.2 Å². The standard InChI is InChI=1S/C16H15N3O4S2/c1-11-6-7-12(19(20)21)10-15(11)25(22,23)17-9-8-16-18-13-4-2-3-5-14(13)24-16/h2-7,10,17H,8-9H2,1H3. The van der Waals surface area contributed by atoms with Crippen molar-refractivity contribution in [3.63, 3.8) is 0 Å². The highest BCUT2D eigenvalue weighted by Crippen LogP contribution is 2.23. The smallest absolute Gasteiger partial charge is 0.258 e. The molecule has 25 heavy (non-hydrogen) atoms. The third-order valence-electron chi connectivity index (χ3n) is 3.64. The Hall–Kier alpha value is -2.36. The second kappa shape index (κ2) is 6.87. The molecule has 0 fully saturated rings. The summed E-state index contributed by atoms with van der Waals surface area (Å²) in [6, 6.07) is 11.5.